The molecule has 3 heterocycles. The van der Waals surface area contributed by atoms with Gasteiger partial charge in [0.2, 0.25) is 0 Å². The fourth-order valence-electron chi connectivity index (χ4n) is 4.74. The van der Waals surface area contributed by atoms with Crippen LogP contribution in [0.2, 0.25) is 0 Å². The number of aliphatic hydroxyl groups is 1. The van der Waals surface area contributed by atoms with Crippen molar-refractivity contribution in [1.29, 1.82) is 0 Å². The quantitative estimate of drug-likeness (QED) is 0.599. The summed E-state index contributed by atoms with van der Waals surface area (Å²) in [6, 6.07) is -0.860. The lowest BCUT2D eigenvalue weighted by atomic mass is 9.60. The first-order valence-corrected chi connectivity index (χ1v) is 11.0. The molecular weight excluding hydrogens is 430 g/mol. The van der Waals surface area contributed by atoms with Crippen molar-refractivity contribution in [2.45, 2.75) is 36.9 Å². The largest absolute Gasteiger partial charge is 0.390 e. The minimum atomic E-state index is -4.30. The first-order chi connectivity index (χ1) is 13.4. The van der Waals surface area contributed by atoms with Gasteiger partial charge in [-0.05, 0) is 12.8 Å². The van der Waals surface area contributed by atoms with Gasteiger partial charge in [0.15, 0.2) is 0 Å². The summed E-state index contributed by atoms with van der Waals surface area (Å²) in [7, 11) is -2.40. The third kappa shape index (κ3) is 3.65. The normalized spacial score (nSPS) is 28.9. The molecule has 1 saturated heterocycles. The van der Waals surface area contributed by atoms with Gasteiger partial charge in [-0.25, -0.2) is 18.9 Å². The molecule has 1 saturated carbocycles. The standard InChI is InChI=1S/C16H23ClF2N6O3S/c1-23-4-11(17)12-13(23)14(22-9-21-12)24-5-15(6-24)2-10(3-15)25(29(20,27)28)7-16(18,19)8-26/h4,9-10,12-13,26H,2-3,5-8H2,1H3,(H2,20,27,28). The van der Waals surface area contributed by atoms with E-state index in [4.69, 9.17) is 21.8 Å². The minimum Gasteiger partial charge on any atom is -0.390 e. The predicted octanol–water partition coefficient (Wildman–Crippen LogP) is -0.213. The number of rotatable bonds is 5. The van der Waals surface area contributed by atoms with E-state index in [0.717, 1.165) is 5.84 Å². The number of nitrogens with zero attached hydrogens (tertiary/aromatic N) is 5. The Kier molecular flexibility index (Phi) is 4.93. The average molecular weight is 453 g/mol. The van der Waals surface area contributed by atoms with Gasteiger partial charge in [0.05, 0.1) is 11.6 Å². The zero-order valence-electron chi connectivity index (χ0n) is 15.7. The highest BCUT2D eigenvalue weighted by Gasteiger charge is 2.58. The Bertz CT molecular complexity index is 881. The fraction of sp³-hybridized carbons (Fsp3) is 0.750. The van der Waals surface area contributed by atoms with Gasteiger partial charge in [0.1, 0.15) is 30.9 Å². The van der Waals surface area contributed by atoms with Crippen molar-refractivity contribution >= 4 is 34.0 Å². The number of alkyl halides is 2. The lowest BCUT2D eigenvalue weighted by Crippen LogP contribution is -2.70. The molecule has 2 atom stereocenters. The Morgan fingerprint density at radius 1 is 1.45 bits per heavy atom. The van der Waals surface area contributed by atoms with Crippen LogP contribution in [0.15, 0.2) is 21.2 Å². The summed E-state index contributed by atoms with van der Waals surface area (Å²) < 4.78 is 51.4. The molecule has 0 radical (unpaired) electrons. The van der Waals surface area contributed by atoms with E-state index in [9.17, 15) is 17.2 Å². The molecule has 1 spiro atoms. The zero-order valence-corrected chi connectivity index (χ0v) is 17.3. The number of fused-ring (bicyclic) bond motifs is 1. The first-order valence-electron chi connectivity index (χ1n) is 9.16. The molecule has 13 heteroatoms. The summed E-state index contributed by atoms with van der Waals surface area (Å²) in [5, 5.41) is 14.6. The smallest absolute Gasteiger partial charge is 0.284 e. The van der Waals surface area contributed by atoms with Crippen LogP contribution in [0.5, 0.6) is 0 Å². The Hall–Kier alpha value is -1.34. The van der Waals surface area contributed by atoms with E-state index in [-0.39, 0.29) is 17.5 Å². The topological polar surface area (TPSA) is 115 Å². The van der Waals surface area contributed by atoms with E-state index in [1.54, 1.807) is 0 Å². The molecule has 4 aliphatic rings. The molecule has 0 aromatic rings. The van der Waals surface area contributed by atoms with Crippen LogP contribution in [-0.4, -0.2) is 97.1 Å². The number of amidine groups is 1. The molecule has 3 N–H and O–H groups in total. The number of aliphatic imine (C=N–C) groups is 2. The number of aliphatic hydroxyl groups excluding tert-OH is 1. The second-order valence-corrected chi connectivity index (χ2v) is 10.3. The maximum Gasteiger partial charge on any atom is 0.284 e. The van der Waals surface area contributed by atoms with Crippen molar-refractivity contribution in [1.82, 2.24) is 14.1 Å². The van der Waals surface area contributed by atoms with Gasteiger partial charge in [-0.3, -0.25) is 4.99 Å². The molecule has 0 bridgehead atoms. The van der Waals surface area contributed by atoms with Crippen LogP contribution in [0.1, 0.15) is 12.8 Å². The van der Waals surface area contributed by atoms with Crippen molar-refractivity contribution in [2.24, 2.45) is 20.5 Å². The number of halogens is 3. The summed E-state index contributed by atoms with van der Waals surface area (Å²) >= 11 is 6.25. The van der Waals surface area contributed by atoms with Crippen molar-refractivity contribution in [3.63, 3.8) is 0 Å². The van der Waals surface area contributed by atoms with Gasteiger partial charge < -0.3 is 14.9 Å². The van der Waals surface area contributed by atoms with Gasteiger partial charge in [-0.15, -0.1) is 0 Å². The summed E-state index contributed by atoms with van der Waals surface area (Å²) in [5.74, 6) is -2.69. The third-order valence-corrected chi connectivity index (χ3v) is 7.50. The molecule has 2 fully saturated rings. The number of likely N-dealkylation sites (N-methyl/N-ethyl adjacent to an activating group) is 1. The van der Waals surface area contributed by atoms with Crippen LogP contribution in [0.4, 0.5) is 8.78 Å². The lowest BCUT2D eigenvalue weighted by molar-refractivity contribution is -0.100. The van der Waals surface area contributed by atoms with Crippen LogP contribution in [0.3, 0.4) is 0 Å². The van der Waals surface area contributed by atoms with E-state index in [1.165, 1.54) is 6.34 Å². The Labute approximate surface area is 172 Å². The van der Waals surface area contributed by atoms with E-state index in [1.807, 2.05) is 18.1 Å². The molecule has 0 amide bonds. The maximum atomic E-state index is 13.6. The van der Waals surface area contributed by atoms with E-state index >= 15 is 0 Å². The molecule has 4 rings (SSSR count). The lowest BCUT2D eigenvalue weighted by Gasteiger charge is -2.62. The van der Waals surface area contributed by atoms with Crippen LogP contribution in [0, 0.1) is 5.41 Å². The Morgan fingerprint density at radius 2 is 2.10 bits per heavy atom. The first kappa shape index (κ1) is 20.9. The highest BCUT2D eigenvalue weighted by atomic mass is 35.5. The third-order valence-electron chi connectivity index (χ3n) is 6.10. The SMILES string of the molecule is CN1C=C(Cl)C2N=CN=C(N3CC4(CC(N(CC(F)(F)CO)S(N)(=O)=O)C4)C3)C21. The maximum absolute atomic E-state index is 13.6. The van der Waals surface area contributed by atoms with Crippen molar-refractivity contribution in [3.05, 3.63) is 11.2 Å². The second-order valence-electron chi connectivity index (χ2n) is 8.34. The van der Waals surface area contributed by atoms with Crippen LogP contribution >= 0.6 is 11.6 Å². The average Bonchev–Trinajstić information content (AvgIpc) is 2.85. The summed E-state index contributed by atoms with van der Waals surface area (Å²) in [4.78, 5) is 12.8. The molecule has 2 unspecified atom stereocenters. The van der Waals surface area contributed by atoms with Crippen LogP contribution < -0.4 is 5.14 Å². The van der Waals surface area contributed by atoms with Crippen LogP contribution in [0.25, 0.3) is 0 Å². The Balaban J connectivity index is 1.39. The number of hydrogen-bond donors (Lipinski definition) is 2. The summed E-state index contributed by atoms with van der Waals surface area (Å²) in [6.07, 6.45) is 4.20. The van der Waals surface area contributed by atoms with Crippen molar-refractivity contribution in [2.75, 3.05) is 33.3 Å². The summed E-state index contributed by atoms with van der Waals surface area (Å²) in [6.45, 7) is -1.24. The van der Waals surface area contributed by atoms with Crippen molar-refractivity contribution in [3.8, 4) is 0 Å². The number of hydrogen-bond acceptors (Lipinski definition) is 7. The fourth-order valence-corrected chi connectivity index (χ4v) is 6.01. The van der Waals surface area contributed by atoms with E-state index < -0.39 is 35.3 Å². The van der Waals surface area contributed by atoms with Gasteiger partial charge in [0, 0.05) is 37.8 Å². The molecule has 3 aliphatic heterocycles. The van der Waals surface area contributed by atoms with Gasteiger partial charge in [0.25, 0.3) is 16.1 Å². The molecule has 1 aliphatic carbocycles. The van der Waals surface area contributed by atoms with Crippen LogP contribution in [-0.2, 0) is 10.2 Å². The molecule has 9 nitrogen and oxygen atoms in total. The molecular formula is C16H23ClF2N6O3S. The highest BCUT2D eigenvalue weighted by molar-refractivity contribution is 7.86. The van der Waals surface area contributed by atoms with E-state index in [0.29, 0.717) is 35.3 Å². The molecule has 0 aromatic heterocycles. The predicted molar refractivity (Wildman–Crippen MR) is 104 cm³/mol. The molecule has 29 heavy (non-hydrogen) atoms. The van der Waals surface area contributed by atoms with E-state index in [2.05, 4.69) is 14.9 Å². The molecule has 0 aromatic carbocycles. The highest BCUT2D eigenvalue weighted by Crippen LogP contribution is 2.51. The number of nitrogens with two attached hydrogens (primary N) is 1. The monoisotopic (exact) mass is 452 g/mol. The minimum absolute atomic E-state index is 0.0788. The van der Waals surface area contributed by atoms with Gasteiger partial charge in [-0.1, -0.05) is 11.6 Å². The second kappa shape index (κ2) is 6.84. The van der Waals surface area contributed by atoms with Gasteiger partial charge in [-0.2, -0.15) is 12.7 Å². The van der Waals surface area contributed by atoms with Crippen molar-refractivity contribution < 1.29 is 22.3 Å². The number of likely N-dealkylation sites (tertiary alicyclic amines) is 1. The Morgan fingerprint density at radius 3 is 2.69 bits per heavy atom. The van der Waals surface area contributed by atoms with Gasteiger partial charge >= 0.3 is 0 Å². The zero-order chi connectivity index (χ0) is 21.2. The summed E-state index contributed by atoms with van der Waals surface area (Å²) in [5.41, 5.74) is -0.150. The molecule has 162 valence electrons.